The highest BCUT2D eigenvalue weighted by molar-refractivity contribution is 8.38. The van der Waals surface area contributed by atoms with Gasteiger partial charge in [-0.1, -0.05) is 59.6 Å². The molecule has 0 aliphatic heterocycles. The standard InChI is InChI=1S/C14H28S/c1-8-9-10-11-15(12(2)3,13(4)5)14(6)7/h12-14H,8-9H2,1-7H3. The minimum Gasteiger partial charge on any atom is -0.170 e. The molecule has 0 radical (unpaired) electrons. The second-order valence-electron chi connectivity index (χ2n) is 4.94. The van der Waals surface area contributed by atoms with E-state index in [1.165, 1.54) is 6.42 Å². The first-order valence-electron chi connectivity index (χ1n) is 6.19. The van der Waals surface area contributed by atoms with Crippen molar-refractivity contribution in [2.45, 2.75) is 77.1 Å². The number of hydrogen-bond acceptors (Lipinski definition) is 0. The van der Waals surface area contributed by atoms with E-state index in [1.54, 1.807) is 0 Å². The fourth-order valence-corrected chi connectivity index (χ4v) is 6.61. The van der Waals surface area contributed by atoms with Gasteiger partial charge < -0.3 is 0 Å². The lowest BCUT2D eigenvalue weighted by molar-refractivity contribution is 0.957. The molecule has 1 heteroatoms. The maximum absolute atomic E-state index is 3.67. The van der Waals surface area contributed by atoms with Crippen molar-refractivity contribution in [1.82, 2.24) is 0 Å². The van der Waals surface area contributed by atoms with Gasteiger partial charge in [0.15, 0.2) is 0 Å². The molecule has 0 saturated heterocycles. The lowest BCUT2D eigenvalue weighted by atomic mass is 10.4. The summed E-state index contributed by atoms with van der Waals surface area (Å²) in [6, 6.07) is 0. The third kappa shape index (κ3) is 3.45. The first kappa shape index (κ1) is 14.9. The summed E-state index contributed by atoms with van der Waals surface area (Å²) in [6.07, 6.45) is 2.23. The summed E-state index contributed by atoms with van der Waals surface area (Å²) in [4.78, 5) is 0. The van der Waals surface area contributed by atoms with Crippen LogP contribution in [0.15, 0.2) is 0 Å². The van der Waals surface area contributed by atoms with Crippen LogP contribution in [-0.4, -0.2) is 15.7 Å². The highest BCUT2D eigenvalue weighted by Gasteiger charge is 2.32. The second-order valence-corrected chi connectivity index (χ2v) is 9.49. The Morgan fingerprint density at radius 1 is 0.867 bits per heavy atom. The van der Waals surface area contributed by atoms with Crippen molar-refractivity contribution in [3.63, 3.8) is 0 Å². The molecule has 0 fully saturated rings. The lowest BCUT2D eigenvalue weighted by Crippen LogP contribution is -2.27. The van der Waals surface area contributed by atoms with E-state index >= 15 is 0 Å². The molecule has 0 nitrogen and oxygen atoms in total. The molecule has 0 bridgehead atoms. The van der Waals surface area contributed by atoms with Crippen LogP contribution in [0.4, 0.5) is 0 Å². The van der Waals surface area contributed by atoms with Crippen LogP contribution in [-0.2, 0) is 0 Å². The minimum atomic E-state index is -0.780. The first-order valence-corrected chi connectivity index (χ1v) is 8.01. The van der Waals surface area contributed by atoms with Crippen LogP contribution in [0.5, 0.6) is 0 Å². The normalized spacial score (nSPS) is 13.2. The molecule has 0 aromatic carbocycles. The van der Waals surface area contributed by atoms with E-state index in [0.717, 1.165) is 6.42 Å². The smallest absolute Gasteiger partial charge is 0.00944 e. The summed E-state index contributed by atoms with van der Waals surface area (Å²) in [6.45, 7) is 16.3. The molecule has 0 aromatic heterocycles. The van der Waals surface area contributed by atoms with Gasteiger partial charge in [-0.2, -0.15) is 10.0 Å². The zero-order chi connectivity index (χ0) is 12.1. The van der Waals surface area contributed by atoms with E-state index in [9.17, 15) is 0 Å². The maximum Gasteiger partial charge on any atom is 0.00944 e. The molecule has 15 heavy (non-hydrogen) atoms. The van der Waals surface area contributed by atoms with Crippen LogP contribution in [0, 0.1) is 11.2 Å². The van der Waals surface area contributed by atoms with Crippen LogP contribution < -0.4 is 0 Å². The van der Waals surface area contributed by atoms with Crippen LogP contribution in [0.2, 0.25) is 0 Å². The van der Waals surface area contributed by atoms with E-state index in [4.69, 9.17) is 0 Å². The molecule has 0 saturated carbocycles. The number of unbranched alkanes of at least 4 members (excludes halogenated alkanes) is 1. The molecule has 0 aliphatic carbocycles. The largest absolute Gasteiger partial charge is 0.170 e. The first-order chi connectivity index (χ1) is 6.89. The van der Waals surface area contributed by atoms with Gasteiger partial charge in [-0.3, -0.25) is 0 Å². The Bertz CT molecular complexity index is 206. The molecule has 0 aromatic rings. The maximum atomic E-state index is 3.67. The van der Waals surface area contributed by atoms with Gasteiger partial charge in [-0.25, -0.2) is 0 Å². The zero-order valence-electron chi connectivity index (χ0n) is 11.6. The zero-order valence-corrected chi connectivity index (χ0v) is 12.4. The summed E-state index contributed by atoms with van der Waals surface area (Å²) < 4.78 is 0. The Balaban J connectivity index is 5.08. The molecule has 0 heterocycles. The van der Waals surface area contributed by atoms with Crippen molar-refractivity contribution in [2.75, 3.05) is 0 Å². The summed E-state index contributed by atoms with van der Waals surface area (Å²) in [5.41, 5.74) is 0. The fourth-order valence-electron chi connectivity index (χ4n) is 2.29. The third-order valence-electron chi connectivity index (χ3n) is 2.96. The summed E-state index contributed by atoms with van der Waals surface area (Å²) in [7, 11) is -0.780. The van der Waals surface area contributed by atoms with E-state index in [2.05, 4.69) is 59.6 Å². The minimum absolute atomic E-state index is 0.710. The van der Waals surface area contributed by atoms with Gasteiger partial charge >= 0.3 is 0 Å². The van der Waals surface area contributed by atoms with Gasteiger partial charge in [0.2, 0.25) is 0 Å². The fraction of sp³-hybridized carbons (Fsp3) is 0.857. The van der Waals surface area contributed by atoms with Crippen LogP contribution in [0.3, 0.4) is 0 Å². The van der Waals surface area contributed by atoms with Gasteiger partial charge in [0.1, 0.15) is 0 Å². The van der Waals surface area contributed by atoms with Crippen molar-refractivity contribution >= 4 is 10.0 Å². The highest BCUT2D eigenvalue weighted by atomic mass is 32.3. The molecule has 0 aliphatic rings. The molecule has 0 amide bonds. The Morgan fingerprint density at radius 2 is 1.27 bits per heavy atom. The number of rotatable bonds is 4. The second kappa shape index (κ2) is 6.48. The monoisotopic (exact) mass is 228 g/mol. The Hall–Kier alpha value is -0.0900. The molecular weight excluding hydrogens is 200 g/mol. The number of hydrogen-bond donors (Lipinski definition) is 0. The Kier molecular flexibility index (Phi) is 6.44. The van der Waals surface area contributed by atoms with Crippen molar-refractivity contribution in [3.8, 4) is 11.2 Å². The van der Waals surface area contributed by atoms with Gasteiger partial charge in [0.05, 0.1) is 0 Å². The average molecular weight is 228 g/mol. The SMILES string of the molecule is CCCC#CS(C(C)C)(C(C)C)C(C)C. The van der Waals surface area contributed by atoms with E-state index in [-0.39, 0.29) is 0 Å². The summed E-state index contributed by atoms with van der Waals surface area (Å²) in [5, 5.41) is 5.80. The molecular formula is C14H28S. The quantitative estimate of drug-likeness (QED) is 0.608. The topological polar surface area (TPSA) is 0 Å². The van der Waals surface area contributed by atoms with E-state index < -0.39 is 10.0 Å². The van der Waals surface area contributed by atoms with E-state index in [0.29, 0.717) is 15.7 Å². The summed E-state index contributed by atoms with van der Waals surface area (Å²) >= 11 is 0. The van der Waals surface area contributed by atoms with Crippen LogP contribution >= 0.6 is 10.0 Å². The van der Waals surface area contributed by atoms with Crippen LogP contribution in [0.1, 0.15) is 61.3 Å². The molecule has 0 unspecified atom stereocenters. The lowest BCUT2D eigenvalue weighted by Gasteiger charge is -2.46. The van der Waals surface area contributed by atoms with Crippen molar-refractivity contribution < 1.29 is 0 Å². The predicted molar refractivity (Wildman–Crippen MR) is 75.7 cm³/mol. The molecule has 0 rings (SSSR count). The Labute approximate surface area is 98.5 Å². The molecule has 90 valence electrons. The van der Waals surface area contributed by atoms with E-state index in [1.807, 2.05) is 0 Å². The molecule has 0 atom stereocenters. The Morgan fingerprint density at radius 3 is 1.53 bits per heavy atom. The summed E-state index contributed by atoms with van der Waals surface area (Å²) in [5.74, 6) is 3.41. The predicted octanol–water partition coefficient (Wildman–Crippen LogP) is 4.78. The highest BCUT2D eigenvalue weighted by Crippen LogP contribution is 2.59. The van der Waals surface area contributed by atoms with Gasteiger partial charge in [0.25, 0.3) is 0 Å². The average Bonchev–Trinajstić information content (AvgIpc) is 2.10. The van der Waals surface area contributed by atoms with Gasteiger partial charge in [-0.05, 0) is 22.2 Å². The molecule has 0 spiro atoms. The van der Waals surface area contributed by atoms with Gasteiger partial charge in [-0.15, -0.1) is 0 Å². The van der Waals surface area contributed by atoms with Gasteiger partial charge in [0, 0.05) is 6.42 Å². The van der Waals surface area contributed by atoms with Crippen LogP contribution in [0.25, 0.3) is 0 Å². The molecule has 0 N–H and O–H groups in total. The van der Waals surface area contributed by atoms with Crippen molar-refractivity contribution in [2.24, 2.45) is 0 Å². The van der Waals surface area contributed by atoms with Crippen molar-refractivity contribution in [1.29, 1.82) is 0 Å². The van der Waals surface area contributed by atoms with Crippen molar-refractivity contribution in [3.05, 3.63) is 0 Å². The third-order valence-corrected chi connectivity index (χ3v) is 8.14.